The van der Waals surface area contributed by atoms with Gasteiger partial charge in [0.25, 0.3) is 4.80 Å². The number of halogens is 2. The van der Waals surface area contributed by atoms with Crippen LogP contribution in [0.25, 0.3) is 11.5 Å². The summed E-state index contributed by atoms with van der Waals surface area (Å²) in [5, 5.41) is 7.45. The molecule has 0 radical (unpaired) electrons. The minimum atomic E-state index is -0.273. The van der Waals surface area contributed by atoms with Crippen molar-refractivity contribution in [1.82, 2.24) is 10.2 Å². The van der Waals surface area contributed by atoms with E-state index in [1.54, 1.807) is 13.0 Å². The van der Waals surface area contributed by atoms with Crippen molar-refractivity contribution >= 4 is 15.9 Å². The Morgan fingerprint density at radius 2 is 2.14 bits per heavy atom. The van der Waals surface area contributed by atoms with Gasteiger partial charge in [0.2, 0.25) is 5.89 Å². The molecule has 0 aliphatic carbocycles. The van der Waals surface area contributed by atoms with Gasteiger partial charge in [-0.15, -0.1) is 10.2 Å². The van der Waals surface area contributed by atoms with Crippen molar-refractivity contribution in [2.24, 2.45) is 0 Å². The van der Waals surface area contributed by atoms with Crippen LogP contribution in [0.2, 0.25) is 0 Å². The molecule has 0 unspecified atom stereocenters. The van der Waals surface area contributed by atoms with E-state index in [0.29, 0.717) is 10.7 Å². The van der Waals surface area contributed by atoms with Gasteiger partial charge in [0.1, 0.15) is 5.82 Å². The first-order valence-corrected chi connectivity index (χ1v) is 4.71. The fourth-order valence-corrected chi connectivity index (χ4v) is 1.41. The van der Waals surface area contributed by atoms with E-state index in [-0.39, 0.29) is 5.82 Å². The maximum absolute atomic E-state index is 12.8. The van der Waals surface area contributed by atoms with Gasteiger partial charge in [-0.1, -0.05) is 0 Å². The summed E-state index contributed by atoms with van der Waals surface area (Å²) < 4.78 is 18.0. The van der Waals surface area contributed by atoms with Gasteiger partial charge in [-0.2, -0.15) is 0 Å². The highest BCUT2D eigenvalue weighted by molar-refractivity contribution is 9.10. The van der Waals surface area contributed by atoms with Gasteiger partial charge in [0, 0.05) is 21.5 Å². The summed E-state index contributed by atoms with van der Waals surface area (Å²) in [4.78, 5) is 0.316. The lowest BCUT2D eigenvalue weighted by molar-refractivity contribution is 0.539. The Labute approximate surface area is 88.1 Å². The summed E-state index contributed by atoms with van der Waals surface area (Å²) in [6, 6.07) is 4.40. The third kappa shape index (κ3) is 1.68. The second-order valence-corrected chi connectivity index (χ2v) is 3.50. The third-order valence-electron chi connectivity index (χ3n) is 1.82. The van der Waals surface area contributed by atoms with Crippen LogP contribution in [0.4, 0.5) is 4.39 Å². The predicted octanol–water partition coefficient (Wildman–Crippen LogP) is 2.95. The Bertz CT molecular complexity index is 470. The van der Waals surface area contributed by atoms with Crippen molar-refractivity contribution in [3.63, 3.8) is 0 Å². The highest BCUT2D eigenvalue weighted by Gasteiger charge is 2.09. The molecular formula is C9H6BrFN2O. The summed E-state index contributed by atoms with van der Waals surface area (Å²) in [5.41, 5.74) is 1.51. The largest absolute Gasteiger partial charge is 0.411 e. The van der Waals surface area contributed by atoms with Gasteiger partial charge in [-0.05, 0) is 30.7 Å². The summed E-state index contributed by atoms with van der Waals surface area (Å²) in [7, 11) is 0. The first-order chi connectivity index (χ1) is 6.66. The predicted molar refractivity (Wildman–Crippen MR) is 52.1 cm³/mol. The molecule has 0 saturated carbocycles. The maximum atomic E-state index is 12.8. The number of hydrogen-bond donors (Lipinski definition) is 0. The number of aromatic nitrogens is 2. The molecule has 1 aromatic heterocycles. The third-order valence-corrected chi connectivity index (χ3v) is 2.14. The second kappa shape index (κ2) is 3.49. The molecule has 72 valence electrons. The van der Waals surface area contributed by atoms with Crippen molar-refractivity contribution in [2.45, 2.75) is 6.92 Å². The van der Waals surface area contributed by atoms with Crippen LogP contribution in [0.3, 0.4) is 0 Å². The van der Waals surface area contributed by atoms with Crippen molar-refractivity contribution in [3.8, 4) is 11.5 Å². The average Bonchev–Trinajstić information content (AvgIpc) is 2.51. The molecule has 0 N–H and O–H groups in total. The van der Waals surface area contributed by atoms with Gasteiger partial charge < -0.3 is 4.42 Å². The van der Waals surface area contributed by atoms with E-state index in [2.05, 4.69) is 26.1 Å². The topological polar surface area (TPSA) is 38.9 Å². The first-order valence-electron chi connectivity index (χ1n) is 3.92. The van der Waals surface area contributed by atoms with Gasteiger partial charge in [0.05, 0.1) is 0 Å². The molecule has 0 amide bonds. The zero-order valence-corrected chi connectivity index (χ0v) is 8.88. The summed E-state index contributed by atoms with van der Waals surface area (Å²) in [5.74, 6) is 0.110. The highest BCUT2D eigenvalue weighted by atomic mass is 79.9. The fraction of sp³-hybridized carbons (Fsp3) is 0.111. The molecule has 1 aromatic carbocycles. The molecule has 2 rings (SSSR count). The Hall–Kier alpha value is -1.23. The van der Waals surface area contributed by atoms with E-state index in [1.165, 1.54) is 12.1 Å². The minimum absolute atomic E-state index is 0.273. The van der Waals surface area contributed by atoms with E-state index < -0.39 is 0 Å². The molecule has 0 atom stereocenters. The quantitative estimate of drug-likeness (QED) is 0.788. The summed E-state index contributed by atoms with van der Waals surface area (Å²) in [6.45, 7) is 1.79. The van der Waals surface area contributed by atoms with Crippen LogP contribution < -0.4 is 0 Å². The van der Waals surface area contributed by atoms with Crippen LogP contribution in [-0.4, -0.2) is 10.2 Å². The van der Waals surface area contributed by atoms with Crippen LogP contribution in [0.15, 0.2) is 27.4 Å². The summed E-state index contributed by atoms with van der Waals surface area (Å²) >= 11 is 3.05. The standard InChI is InChI=1S/C9H6BrFN2O/c1-5-4-6(11)2-3-7(5)8-12-13-9(10)14-8/h2-4H,1H3. The smallest absolute Gasteiger partial charge is 0.285 e. The Morgan fingerprint density at radius 1 is 1.36 bits per heavy atom. The average molecular weight is 257 g/mol. The Balaban J connectivity index is 2.52. The van der Waals surface area contributed by atoms with Crippen molar-refractivity contribution < 1.29 is 8.81 Å². The molecule has 2 aromatic rings. The van der Waals surface area contributed by atoms with Crippen LogP contribution in [0.5, 0.6) is 0 Å². The zero-order valence-electron chi connectivity index (χ0n) is 7.29. The van der Waals surface area contributed by atoms with Gasteiger partial charge >= 0.3 is 0 Å². The monoisotopic (exact) mass is 256 g/mol. The van der Waals surface area contributed by atoms with E-state index in [9.17, 15) is 4.39 Å². The highest BCUT2D eigenvalue weighted by Crippen LogP contribution is 2.23. The molecule has 0 aliphatic heterocycles. The van der Waals surface area contributed by atoms with E-state index in [4.69, 9.17) is 4.42 Å². The van der Waals surface area contributed by atoms with E-state index >= 15 is 0 Å². The number of rotatable bonds is 1. The number of nitrogens with zero attached hydrogens (tertiary/aromatic N) is 2. The molecule has 0 aliphatic rings. The number of aryl methyl sites for hydroxylation is 1. The molecule has 1 heterocycles. The molecule has 0 saturated heterocycles. The second-order valence-electron chi connectivity index (χ2n) is 2.82. The lowest BCUT2D eigenvalue weighted by atomic mass is 10.1. The molecule has 0 spiro atoms. The van der Waals surface area contributed by atoms with Gasteiger partial charge in [-0.3, -0.25) is 0 Å². The van der Waals surface area contributed by atoms with E-state index in [0.717, 1.165) is 11.1 Å². The molecular weight excluding hydrogens is 251 g/mol. The number of benzene rings is 1. The Kier molecular flexibility index (Phi) is 2.33. The minimum Gasteiger partial charge on any atom is -0.411 e. The lowest BCUT2D eigenvalue weighted by Crippen LogP contribution is -1.85. The molecule has 5 heteroatoms. The molecule has 0 fully saturated rings. The first kappa shape index (κ1) is 9.33. The van der Waals surface area contributed by atoms with Crippen molar-refractivity contribution in [2.75, 3.05) is 0 Å². The molecule has 0 bridgehead atoms. The van der Waals surface area contributed by atoms with Crippen molar-refractivity contribution in [1.29, 1.82) is 0 Å². The molecule has 3 nitrogen and oxygen atoms in total. The van der Waals surface area contributed by atoms with Crippen LogP contribution in [0.1, 0.15) is 5.56 Å². The normalized spacial score (nSPS) is 10.5. The lowest BCUT2D eigenvalue weighted by Gasteiger charge is -1.99. The van der Waals surface area contributed by atoms with Crippen LogP contribution in [-0.2, 0) is 0 Å². The maximum Gasteiger partial charge on any atom is 0.285 e. The fourth-order valence-electron chi connectivity index (χ4n) is 1.18. The molecule has 14 heavy (non-hydrogen) atoms. The van der Waals surface area contributed by atoms with Gasteiger partial charge in [-0.25, -0.2) is 4.39 Å². The Morgan fingerprint density at radius 3 is 2.71 bits per heavy atom. The van der Waals surface area contributed by atoms with Gasteiger partial charge in [0.15, 0.2) is 0 Å². The van der Waals surface area contributed by atoms with E-state index in [1.807, 2.05) is 0 Å². The zero-order chi connectivity index (χ0) is 10.1. The SMILES string of the molecule is Cc1cc(F)ccc1-c1nnc(Br)o1. The van der Waals surface area contributed by atoms with Crippen LogP contribution >= 0.6 is 15.9 Å². The summed E-state index contributed by atoms with van der Waals surface area (Å²) in [6.07, 6.45) is 0. The number of hydrogen-bond acceptors (Lipinski definition) is 3. The van der Waals surface area contributed by atoms with Crippen molar-refractivity contribution in [3.05, 3.63) is 34.4 Å². The van der Waals surface area contributed by atoms with Crippen LogP contribution in [0, 0.1) is 12.7 Å².